The highest BCUT2D eigenvalue weighted by atomic mass is 16.5. The van der Waals surface area contributed by atoms with Crippen LogP contribution in [0.2, 0.25) is 0 Å². The van der Waals surface area contributed by atoms with Crippen molar-refractivity contribution < 1.29 is 24.2 Å². The molecule has 1 unspecified atom stereocenters. The van der Waals surface area contributed by atoms with E-state index in [-0.39, 0.29) is 18.9 Å². The number of carboxylic acids is 1. The topological polar surface area (TPSA) is 95.9 Å². The van der Waals surface area contributed by atoms with E-state index in [1.807, 2.05) is 0 Å². The average molecular weight is 320 g/mol. The molecule has 2 amide bonds. The number of fused-ring (bicyclic) bond motifs is 1. The zero-order chi connectivity index (χ0) is 17.0. The molecule has 2 N–H and O–H groups in total. The van der Waals surface area contributed by atoms with E-state index in [0.29, 0.717) is 18.5 Å². The first-order valence-electron chi connectivity index (χ1n) is 7.37. The smallest absolute Gasteiger partial charge is 0.326 e. The van der Waals surface area contributed by atoms with Crippen molar-refractivity contribution in [2.45, 2.75) is 25.8 Å². The Labute approximate surface area is 134 Å². The molecular formula is C16H20N2O5. The minimum atomic E-state index is -1.10. The van der Waals surface area contributed by atoms with Crippen LogP contribution in [0.4, 0.5) is 5.69 Å². The van der Waals surface area contributed by atoms with Gasteiger partial charge in [0.25, 0.3) is 5.91 Å². The van der Waals surface area contributed by atoms with Crippen LogP contribution in [0.15, 0.2) is 18.2 Å². The molecule has 0 bridgehead atoms. The lowest BCUT2D eigenvalue weighted by atomic mass is 10.1. The number of nitrogens with one attached hydrogen (secondary N) is 1. The van der Waals surface area contributed by atoms with Crippen molar-refractivity contribution in [1.29, 1.82) is 0 Å². The van der Waals surface area contributed by atoms with Crippen LogP contribution in [-0.4, -0.2) is 49.2 Å². The fraction of sp³-hybridized carbons (Fsp3) is 0.438. The predicted molar refractivity (Wildman–Crippen MR) is 83.6 cm³/mol. The summed E-state index contributed by atoms with van der Waals surface area (Å²) in [6.45, 7) is 2.35. The number of benzene rings is 1. The van der Waals surface area contributed by atoms with Crippen molar-refractivity contribution in [2.24, 2.45) is 0 Å². The van der Waals surface area contributed by atoms with Gasteiger partial charge in [-0.1, -0.05) is 0 Å². The molecule has 0 saturated carbocycles. The Morgan fingerprint density at radius 3 is 2.74 bits per heavy atom. The van der Waals surface area contributed by atoms with E-state index < -0.39 is 17.9 Å². The van der Waals surface area contributed by atoms with Gasteiger partial charge in [0, 0.05) is 44.9 Å². The van der Waals surface area contributed by atoms with E-state index in [2.05, 4.69) is 5.32 Å². The predicted octanol–water partition coefficient (Wildman–Crippen LogP) is 0.815. The SMILES string of the molecule is COCCC(NC(=O)c1ccc2c(c1)CCN2C(C)=O)C(=O)O. The number of methoxy groups -OCH3 is 1. The van der Waals surface area contributed by atoms with E-state index in [4.69, 9.17) is 9.84 Å². The Bertz CT molecular complexity index is 629. The van der Waals surface area contributed by atoms with Crippen molar-refractivity contribution in [2.75, 3.05) is 25.2 Å². The second-order valence-corrected chi connectivity index (χ2v) is 5.41. The summed E-state index contributed by atoms with van der Waals surface area (Å²) < 4.78 is 4.85. The Balaban J connectivity index is 2.11. The fourth-order valence-electron chi connectivity index (χ4n) is 2.60. The van der Waals surface area contributed by atoms with Gasteiger partial charge in [0.1, 0.15) is 6.04 Å². The van der Waals surface area contributed by atoms with Crippen LogP contribution in [-0.2, 0) is 20.7 Å². The lowest BCUT2D eigenvalue weighted by molar-refractivity contribution is -0.139. The summed E-state index contributed by atoms with van der Waals surface area (Å²) in [6, 6.07) is 4.04. The molecule has 2 rings (SSSR count). The normalized spacial score (nSPS) is 14.3. The highest BCUT2D eigenvalue weighted by Crippen LogP contribution is 2.28. The second-order valence-electron chi connectivity index (χ2n) is 5.41. The Kier molecular flexibility index (Phi) is 5.33. The Morgan fingerprint density at radius 2 is 2.13 bits per heavy atom. The average Bonchev–Trinajstić information content (AvgIpc) is 2.94. The number of carboxylic acid groups (broad SMARTS) is 1. The maximum Gasteiger partial charge on any atom is 0.326 e. The van der Waals surface area contributed by atoms with Gasteiger partial charge in [0.15, 0.2) is 0 Å². The third-order valence-corrected chi connectivity index (χ3v) is 3.83. The molecule has 23 heavy (non-hydrogen) atoms. The minimum absolute atomic E-state index is 0.0357. The molecule has 0 spiro atoms. The Hall–Kier alpha value is -2.41. The van der Waals surface area contributed by atoms with Crippen LogP contribution in [0.25, 0.3) is 0 Å². The van der Waals surface area contributed by atoms with Gasteiger partial charge in [-0.3, -0.25) is 9.59 Å². The van der Waals surface area contributed by atoms with Crippen LogP contribution < -0.4 is 10.2 Å². The van der Waals surface area contributed by atoms with E-state index in [0.717, 1.165) is 11.3 Å². The third-order valence-electron chi connectivity index (χ3n) is 3.83. The molecule has 1 aliphatic heterocycles. The number of hydrogen-bond acceptors (Lipinski definition) is 4. The second kappa shape index (κ2) is 7.23. The van der Waals surface area contributed by atoms with Crippen molar-refractivity contribution >= 4 is 23.5 Å². The lowest BCUT2D eigenvalue weighted by Gasteiger charge is -2.16. The number of nitrogens with zero attached hydrogens (tertiary/aromatic N) is 1. The molecule has 124 valence electrons. The molecule has 0 radical (unpaired) electrons. The highest BCUT2D eigenvalue weighted by Gasteiger charge is 2.25. The number of rotatable bonds is 6. The van der Waals surface area contributed by atoms with Gasteiger partial charge in [0.05, 0.1) is 0 Å². The van der Waals surface area contributed by atoms with Crippen LogP contribution >= 0.6 is 0 Å². The van der Waals surface area contributed by atoms with Crippen molar-refractivity contribution in [3.63, 3.8) is 0 Å². The molecule has 1 heterocycles. The molecule has 7 nitrogen and oxygen atoms in total. The summed E-state index contributed by atoms with van der Waals surface area (Å²) in [5, 5.41) is 11.6. The third kappa shape index (κ3) is 3.87. The van der Waals surface area contributed by atoms with Gasteiger partial charge in [-0.25, -0.2) is 4.79 Å². The van der Waals surface area contributed by atoms with Gasteiger partial charge in [-0.2, -0.15) is 0 Å². The number of carbonyl (C=O) groups is 3. The van der Waals surface area contributed by atoms with Crippen molar-refractivity contribution in [3.05, 3.63) is 29.3 Å². The summed E-state index contributed by atoms with van der Waals surface area (Å²) in [6.07, 6.45) is 0.878. The van der Waals surface area contributed by atoms with Crippen LogP contribution in [0.5, 0.6) is 0 Å². The maximum atomic E-state index is 12.2. The summed E-state index contributed by atoms with van der Waals surface area (Å²) in [5.74, 6) is -1.58. The van der Waals surface area contributed by atoms with Crippen molar-refractivity contribution in [1.82, 2.24) is 5.32 Å². The molecule has 1 aromatic rings. The van der Waals surface area contributed by atoms with Gasteiger partial charge in [0.2, 0.25) is 5.91 Å². The number of hydrogen-bond donors (Lipinski definition) is 2. The number of aliphatic carboxylic acids is 1. The number of amides is 2. The van der Waals surface area contributed by atoms with Gasteiger partial charge in [-0.05, 0) is 30.2 Å². The molecule has 0 aromatic heterocycles. The standard InChI is InChI=1S/C16H20N2O5/c1-10(19)18-7-5-11-9-12(3-4-14(11)18)15(20)17-13(16(21)22)6-8-23-2/h3-4,9,13H,5-8H2,1-2H3,(H,17,20)(H,21,22). The zero-order valence-electron chi connectivity index (χ0n) is 13.2. The summed E-state index contributed by atoms with van der Waals surface area (Å²) in [4.78, 5) is 36.6. The summed E-state index contributed by atoms with van der Waals surface area (Å²) in [5.41, 5.74) is 2.11. The monoisotopic (exact) mass is 320 g/mol. The molecule has 1 atom stereocenters. The number of ether oxygens (including phenoxy) is 1. The number of carbonyl (C=O) groups excluding carboxylic acids is 2. The molecule has 1 aromatic carbocycles. The first-order valence-corrected chi connectivity index (χ1v) is 7.37. The van der Waals surface area contributed by atoms with Gasteiger partial charge >= 0.3 is 5.97 Å². The first kappa shape index (κ1) is 17.0. The van der Waals surface area contributed by atoms with Crippen LogP contribution in [0.1, 0.15) is 29.3 Å². The van der Waals surface area contributed by atoms with Crippen LogP contribution in [0, 0.1) is 0 Å². The largest absolute Gasteiger partial charge is 0.480 e. The summed E-state index contributed by atoms with van der Waals surface area (Å²) in [7, 11) is 1.47. The first-order chi connectivity index (χ1) is 10.9. The quantitative estimate of drug-likeness (QED) is 0.809. The molecular weight excluding hydrogens is 300 g/mol. The van der Waals surface area contributed by atoms with E-state index >= 15 is 0 Å². The van der Waals surface area contributed by atoms with E-state index in [1.165, 1.54) is 14.0 Å². The zero-order valence-corrected chi connectivity index (χ0v) is 13.2. The minimum Gasteiger partial charge on any atom is -0.480 e. The highest BCUT2D eigenvalue weighted by molar-refractivity contribution is 5.99. The fourth-order valence-corrected chi connectivity index (χ4v) is 2.60. The van der Waals surface area contributed by atoms with Crippen molar-refractivity contribution in [3.8, 4) is 0 Å². The summed E-state index contributed by atoms with van der Waals surface area (Å²) >= 11 is 0. The molecule has 1 aliphatic rings. The molecule has 7 heteroatoms. The number of anilines is 1. The maximum absolute atomic E-state index is 12.2. The lowest BCUT2D eigenvalue weighted by Crippen LogP contribution is -2.41. The molecule has 0 fully saturated rings. The van der Waals surface area contributed by atoms with E-state index in [9.17, 15) is 14.4 Å². The van der Waals surface area contributed by atoms with Gasteiger partial charge in [-0.15, -0.1) is 0 Å². The Morgan fingerprint density at radius 1 is 1.39 bits per heavy atom. The van der Waals surface area contributed by atoms with E-state index in [1.54, 1.807) is 23.1 Å². The molecule has 0 aliphatic carbocycles. The molecule has 0 saturated heterocycles. The van der Waals surface area contributed by atoms with Gasteiger partial charge < -0.3 is 20.1 Å². The van der Waals surface area contributed by atoms with Crippen LogP contribution in [0.3, 0.4) is 0 Å².